The molecule has 2 aliphatic rings. The zero-order valence-corrected chi connectivity index (χ0v) is 12.1. The first kappa shape index (κ1) is 13.1. The third-order valence-electron chi connectivity index (χ3n) is 5.20. The van der Waals surface area contributed by atoms with Crippen LogP contribution in [0.5, 0.6) is 0 Å². The molecule has 1 aliphatic heterocycles. The second-order valence-electron chi connectivity index (χ2n) is 6.58. The average Bonchev–Trinajstić information content (AvgIpc) is 2.34. The number of benzene rings is 1. The molecular weight excluding hydrogens is 234 g/mol. The van der Waals surface area contributed by atoms with Crippen molar-refractivity contribution in [1.82, 2.24) is 0 Å². The zero-order valence-electron chi connectivity index (χ0n) is 12.1. The Labute approximate surface area is 116 Å². The van der Waals surface area contributed by atoms with Crippen LogP contribution >= 0.6 is 0 Å². The van der Waals surface area contributed by atoms with Gasteiger partial charge in [0.15, 0.2) is 0 Å². The SMILES string of the molecule is Cc1ccc(C)c(C2(C3CCC(N)CC3)COC2)c1. The maximum Gasteiger partial charge on any atom is 0.0588 e. The van der Waals surface area contributed by atoms with E-state index in [1.165, 1.54) is 42.4 Å². The van der Waals surface area contributed by atoms with Crippen molar-refractivity contribution < 1.29 is 4.74 Å². The first-order valence-corrected chi connectivity index (χ1v) is 7.53. The molecule has 1 heterocycles. The summed E-state index contributed by atoms with van der Waals surface area (Å²) in [6.07, 6.45) is 4.88. The van der Waals surface area contributed by atoms with Crippen LogP contribution < -0.4 is 5.73 Å². The lowest BCUT2D eigenvalue weighted by Gasteiger charge is -2.50. The van der Waals surface area contributed by atoms with Crippen molar-refractivity contribution in [2.45, 2.75) is 51.0 Å². The van der Waals surface area contributed by atoms with Crippen molar-refractivity contribution in [3.8, 4) is 0 Å². The van der Waals surface area contributed by atoms with E-state index in [1.807, 2.05) is 0 Å². The van der Waals surface area contributed by atoms with Gasteiger partial charge in [-0.15, -0.1) is 0 Å². The van der Waals surface area contributed by atoms with Crippen molar-refractivity contribution in [1.29, 1.82) is 0 Å². The highest BCUT2D eigenvalue weighted by Crippen LogP contribution is 2.47. The molecule has 2 N–H and O–H groups in total. The second kappa shape index (κ2) is 4.92. The van der Waals surface area contributed by atoms with Gasteiger partial charge < -0.3 is 10.5 Å². The molecule has 0 atom stereocenters. The third kappa shape index (κ3) is 2.21. The summed E-state index contributed by atoms with van der Waals surface area (Å²) >= 11 is 0. The summed E-state index contributed by atoms with van der Waals surface area (Å²) in [6.45, 7) is 6.23. The summed E-state index contributed by atoms with van der Waals surface area (Å²) in [5, 5.41) is 0. The molecule has 1 saturated heterocycles. The quantitative estimate of drug-likeness (QED) is 0.886. The second-order valence-corrected chi connectivity index (χ2v) is 6.58. The molecule has 0 bridgehead atoms. The van der Waals surface area contributed by atoms with Crippen LogP contribution in [0.2, 0.25) is 0 Å². The van der Waals surface area contributed by atoms with Crippen LogP contribution in [0.4, 0.5) is 0 Å². The van der Waals surface area contributed by atoms with E-state index in [-0.39, 0.29) is 5.41 Å². The fourth-order valence-electron chi connectivity index (χ4n) is 3.88. The number of ether oxygens (including phenoxy) is 1. The Hall–Kier alpha value is -0.860. The molecule has 2 heteroatoms. The molecule has 2 nitrogen and oxygen atoms in total. The standard InChI is InChI=1S/C17H25NO/c1-12-3-4-13(2)16(9-12)17(10-19-11-17)14-5-7-15(18)8-6-14/h3-4,9,14-15H,5-8,10-11,18H2,1-2H3. The number of rotatable bonds is 2. The summed E-state index contributed by atoms with van der Waals surface area (Å²) in [4.78, 5) is 0. The molecule has 19 heavy (non-hydrogen) atoms. The normalized spacial score (nSPS) is 29.8. The summed E-state index contributed by atoms with van der Waals surface area (Å²) in [6, 6.07) is 7.28. The molecule has 1 aromatic carbocycles. The smallest absolute Gasteiger partial charge is 0.0588 e. The van der Waals surface area contributed by atoms with Crippen molar-refractivity contribution in [3.05, 3.63) is 34.9 Å². The molecule has 0 unspecified atom stereocenters. The van der Waals surface area contributed by atoms with Gasteiger partial charge >= 0.3 is 0 Å². The van der Waals surface area contributed by atoms with E-state index < -0.39 is 0 Å². The predicted molar refractivity (Wildman–Crippen MR) is 78.3 cm³/mol. The Balaban J connectivity index is 1.92. The van der Waals surface area contributed by atoms with Gasteiger partial charge in [-0.2, -0.15) is 0 Å². The van der Waals surface area contributed by atoms with Crippen molar-refractivity contribution in [2.75, 3.05) is 13.2 Å². The first-order valence-electron chi connectivity index (χ1n) is 7.53. The maximum absolute atomic E-state index is 6.06. The van der Waals surface area contributed by atoms with E-state index in [0.717, 1.165) is 19.1 Å². The van der Waals surface area contributed by atoms with Gasteiger partial charge in [-0.05, 0) is 56.6 Å². The Morgan fingerprint density at radius 1 is 1.11 bits per heavy atom. The van der Waals surface area contributed by atoms with Crippen LogP contribution in [0, 0.1) is 19.8 Å². The largest absolute Gasteiger partial charge is 0.379 e. The van der Waals surface area contributed by atoms with Crippen LogP contribution in [0.15, 0.2) is 18.2 Å². The van der Waals surface area contributed by atoms with Gasteiger partial charge in [0.1, 0.15) is 0 Å². The van der Waals surface area contributed by atoms with Crippen molar-refractivity contribution in [3.63, 3.8) is 0 Å². The average molecular weight is 259 g/mol. The highest BCUT2D eigenvalue weighted by atomic mass is 16.5. The van der Waals surface area contributed by atoms with E-state index in [1.54, 1.807) is 0 Å². The molecule has 1 aromatic rings. The van der Waals surface area contributed by atoms with Gasteiger partial charge in [0.25, 0.3) is 0 Å². The van der Waals surface area contributed by atoms with Gasteiger partial charge in [-0.1, -0.05) is 23.8 Å². The molecular formula is C17H25NO. The van der Waals surface area contributed by atoms with Gasteiger partial charge in [0.2, 0.25) is 0 Å². The lowest BCUT2D eigenvalue weighted by Crippen LogP contribution is -2.54. The molecule has 3 rings (SSSR count). The highest BCUT2D eigenvalue weighted by Gasteiger charge is 2.48. The van der Waals surface area contributed by atoms with Gasteiger partial charge in [-0.25, -0.2) is 0 Å². The van der Waals surface area contributed by atoms with Crippen LogP contribution in [0.3, 0.4) is 0 Å². The molecule has 0 radical (unpaired) electrons. The maximum atomic E-state index is 6.06. The summed E-state index contributed by atoms with van der Waals surface area (Å²) in [5.41, 5.74) is 10.6. The van der Waals surface area contributed by atoms with Crippen LogP contribution in [0.1, 0.15) is 42.4 Å². The highest BCUT2D eigenvalue weighted by molar-refractivity contribution is 5.39. The minimum Gasteiger partial charge on any atom is -0.379 e. The predicted octanol–water partition coefficient (Wildman–Crippen LogP) is 3.09. The minimum atomic E-state index is 0.274. The third-order valence-corrected chi connectivity index (χ3v) is 5.20. The molecule has 1 saturated carbocycles. The fraction of sp³-hybridized carbons (Fsp3) is 0.647. The number of hydrogen-bond acceptors (Lipinski definition) is 2. The molecule has 0 spiro atoms. The number of aryl methyl sites for hydroxylation is 2. The Bertz CT molecular complexity index is 456. The molecule has 0 amide bonds. The molecule has 0 aromatic heterocycles. The number of hydrogen-bond donors (Lipinski definition) is 1. The van der Waals surface area contributed by atoms with E-state index >= 15 is 0 Å². The Morgan fingerprint density at radius 2 is 1.79 bits per heavy atom. The molecule has 104 valence electrons. The van der Waals surface area contributed by atoms with E-state index in [2.05, 4.69) is 32.0 Å². The van der Waals surface area contributed by atoms with Crippen LogP contribution in [-0.2, 0) is 10.2 Å². The summed E-state index contributed by atoms with van der Waals surface area (Å²) in [5.74, 6) is 0.751. The van der Waals surface area contributed by atoms with Crippen LogP contribution in [-0.4, -0.2) is 19.3 Å². The Kier molecular flexibility index (Phi) is 3.40. The first-order chi connectivity index (χ1) is 9.12. The summed E-state index contributed by atoms with van der Waals surface area (Å²) in [7, 11) is 0. The van der Waals surface area contributed by atoms with E-state index in [9.17, 15) is 0 Å². The van der Waals surface area contributed by atoms with Crippen molar-refractivity contribution in [2.24, 2.45) is 11.7 Å². The fourth-order valence-corrected chi connectivity index (χ4v) is 3.88. The van der Waals surface area contributed by atoms with E-state index in [0.29, 0.717) is 6.04 Å². The lowest BCUT2D eigenvalue weighted by molar-refractivity contribution is -0.0987. The Morgan fingerprint density at radius 3 is 2.37 bits per heavy atom. The molecule has 2 fully saturated rings. The zero-order chi connectivity index (χ0) is 13.5. The lowest BCUT2D eigenvalue weighted by atomic mass is 9.62. The minimum absolute atomic E-state index is 0.274. The van der Waals surface area contributed by atoms with Gasteiger partial charge in [0, 0.05) is 11.5 Å². The van der Waals surface area contributed by atoms with E-state index in [4.69, 9.17) is 10.5 Å². The number of nitrogens with two attached hydrogens (primary N) is 1. The topological polar surface area (TPSA) is 35.2 Å². The monoisotopic (exact) mass is 259 g/mol. The van der Waals surface area contributed by atoms with Gasteiger partial charge in [0.05, 0.1) is 13.2 Å². The van der Waals surface area contributed by atoms with Crippen molar-refractivity contribution >= 4 is 0 Å². The van der Waals surface area contributed by atoms with Gasteiger partial charge in [-0.3, -0.25) is 0 Å². The summed E-state index contributed by atoms with van der Waals surface area (Å²) < 4.78 is 5.64. The van der Waals surface area contributed by atoms with Crippen LogP contribution in [0.25, 0.3) is 0 Å². The molecule has 1 aliphatic carbocycles.